The molecule has 12 heteroatoms. The number of hydrogen-bond acceptors (Lipinski definition) is 4. The van der Waals surface area contributed by atoms with E-state index in [1.807, 2.05) is 0 Å². The summed E-state index contributed by atoms with van der Waals surface area (Å²) in [6.45, 7) is 0. The molecule has 0 spiro atoms. The zero-order valence-electron chi connectivity index (χ0n) is 19.6. The van der Waals surface area contributed by atoms with Crippen LogP contribution in [0.2, 0.25) is 10.0 Å². The lowest BCUT2D eigenvalue weighted by atomic mass is 9.73. The van der Waals surface area contributed by atoms with Crippen molar-refractivity contribution < 1.29 is 35.8 Å². The van der Waals surface area contributed by atoms with Crippen molar-refractivity contribution in [1.82, 2.24) is 0 Å². The van der Waals surface area contributed by atoms with Gasteiger partial charge >= 0.3 is 12.4 Å². The van der Waals surface area contributed by atoms with Gasteiger partial charge in [-0.25, -0.2) is 0 Å². The fraction of sp³-hybridized carbons (Fsp3) is 0.111. The van der Waals surface area contributed by atoms with Crippen LogP contribution in [0.15, 0.2) is 84.9 Å². The van der Waals surface area contributed by atoms with E-state index in [0.717, 1.165) is 48.5 Å². The van der Waals surface area contributed by atoms with Crippen LogP contribution in [0.3, 0.4) is 0 Å². The summed E-state index contributed by atoms with van der Waals surface area (Å²) < 4.78 is 97.8. The lowest BCUT2D eigenvalue weighted by Gasteiger charge is -2.38. The molecule has 4 rings (SSSR count). The predicted octanol–water partition coefficient (Wildman–Crippen LogP) is 9.15. The van der Waals surface area contributed by atoms with Gasteiger partial charge in [-0.15, -0.1) is 0 Å². The van der Waals surface area contributed by atoms with Crippen LogP contribution in [-0.4, -0.2) is 12.4 Å². The summed E-state index contributed by atoms with van der Waals surface area (Å²) in [5, 5.41) is 0.341. The number of anilines is 2. The van der Waals surface area contributed by atoms with Gasteiger partial charge in [-0.2, -0.15) is 26.3 Å². The van der Waals surface area contributed by atoms with E-state index in [1.54, 1.807) is 0 Å². The van der Waals surface area contributed by atoms with Gasteiger partial charge in [-0.1, -0.05) is 47.5 Å². The highest BCUT2D eigenvalue weighted by molar-refractivity contribution is 6.33. The number of halogens is 8. The summed E-state index contributed by atoms with van der Waals surface area (Å²) in [5.74, 6) is 0.364. The molecule has 0 aliphatic carbocycles. The maximum atomic E-state index is 14.5. The zero-order chi connectivity index (χ0) is 28.6. The summed E-state index contributed by atoms with van der Waals surface area (Å²) in [6.07, 6.45) is -11.5. The fourth-order valence-corrected chi connectivity index (χ4v) is 4.28. The number of nitrogen functional groups attached to an aromatic ring is 2. The third-order valence-corrected chi connectivity index (χ3v) is 6.49. The van der Waals surface area contributed by atoms with Gasteiger partial charge in [0, 0.05) is 12.1 Å². The Morgan fingerprint density at radius 1 is 0.487 bits per heavy atom. The van der Waals surface area contributed by atoms with E-state index >= 15 is 0 Å². The van der Waals surface area contributed by atoms with Gasteiger partial charge < -0.3 is 20.9 Å². The lowest BCUT2D eigenvalue weighted by molar-refractivity contribution is -0.288. The first kappa shape index (κ1) is 28.3. The van der Waals surface area contributed by atoms with Crippen molar-refractivity contribution in [3.05, 3.63) is 106 Å². The molecule has 0 heterocycles. The summed E-state index contributed by atoms with van der Waals surface area (Å²) in [4.78, 5) is 0. The minimum atomic E-state index is -5.76. The Kier molecular flexibility index (Phi) is 7.55. The normalized spacial score (nSPS) is 12.3. The van der Waals surface area contributed by atoms with Crippen LogP contribution in [0.4, 0.5) is 37.7 Å². The summed E-state index contributed by atoms with van der Waals surface area (Å²) >= 11 is 11.9. The third-order valence-electron chi connectivity index (χ3n) is 5.84. The smallest absolute Gasteiger partial charge is 0.411 e. The van der Waals surface area contributed by atoms with Crippen LogP contribution in [0, 0.1) is 0 Å². The van der Waals surface area contributed by atoms with Gasteiger partial charge in [0.2, 0.25) is 5.41 Å². The van der Waals surface area contributed by atoms with Gasteiger partial charge in [0.05, 0.1) is 21.4 Å². The minimum absolute atomic E-state index is 0.0104. The fourth-order valence-electron chi connectivity index (χ4n) is 3.94. The van der Waals surface area contributed by atoms with Gasteiger partial charge in [-0.3, -0.25) is 0 Å². The van der Waals surface area contributed by atoms with Gasteiger partial charge in [0.1, 0.15) is 23.0 Å². The van der Waals surface area contributed by atoms with Crippen LogP contribution in [-0.2, 0) is 5.41 Å². The number of hydrogen-bond donors (Lipinski definition) is 2. The summed E-state index contributed by atoms with van der Waals surface area (Å²) in [7, 11) is 0. The first-order valence-corrected chi connectivity index (χ1v) is 11.8. The second kappa shape index (κ2) is 10.4. The number of rotatable bonds is 6. The van der Waals surface area contributed by atoms with Crippen LogP contribution in [0.1, 0.15) is 11.1 Å². The van der Waals surface area contributed by atoms with Crippen molar-refractivity contribution in [2.75, 3.05) is 11.5 Å². The molecule has 39 heavy (non-hydrogen) atoms. The van der Waals surface area contributed by atoms with Crippen molar-refractivity contribution >= 4 is 34.6 Å². The molecule has 204 valence electrons. The molecular formula is C27H18Cl2F6N2O2. The molecule has 0 saturated carbocycles. The highest BCUT2D eigenvalue weighted by Gasteiger charge is 2.72. The molecule has 0 aromatic heterocycles. The summed E-state index contributed by atoms with van der Waals surface area (Å²) in [5.41, 5.74) is 5.35. The molecule has 0 amide bonds. The number of ether oxygens (including phenoxy) is 2. The minimum Gasteiger partial charge on any atom is -0.457 e. The average molecular weight is 587 g/mol. The van der Waals surface area contributed by atoms with Crippen LogP contribution >= 0.6 is 23.2 Å². The maximum Gasteiger partial charge on any atom is 0.411 e. The van der Waals surface area contributed by atoms with Gasteiger partial charge in [0.25, 0.3) is 0 Å². The molecule has 0 aliphatic heterocycles. The van der Waals surface area contributed by atoms with E-state index in [4.69, 9.17) is 44.1 Å². The van der Waals surface area contributed by atoms with Crippen molar-refractivity contribution in [3.8, 4) is 23.0 Å². The Morgan fingerprint density at radius 2 is 0.795 bits per heavy atom. The summed E-state index contributed by atoms with van der Waals surface area (Å²) in [6, 6.07) is 15.4. The Bertz CT molecular complexity index is 1360. The zero-order valence-corrected chi connectivity index (χ0v) is 21.1. The van der Waals surface area contributed by atoms with Crippen molar-refractivity contribution in [2.45, 2.75) is 17.8 Å². The molecule has 0 unspecified atom stereocenters. The highest BCUT2D eigenvalue weighted by Crippen LogP contribution is 2.56. The molecule has 0 radical (unpaired) electrons. The molecule has 0 saturated heterocycles. The maximum absolute atomic E-state index is 14.5. The van der Waals surface area contributed by atoms with E-state index in [1.165, 1.54) is 36.4 Å². The molecule has 4 aromatic rings. The lowest BCUT2D eigenvalue weighted by Crippen LogP contribution is -2.54. The standard InChI is InChI=1S/C27H18Cl2F6N2O2/c28-21-13-19(9-11-23(21)36)38-17-5-1-15(2-6-17)25(26(30,31)32,27(33,34)35)16-3-7-18(8-4-16)39-20-10-12-24(37)22(29)14-20/h1-14H,36-37H2. The van der Waals surface area contributed by atoms with E-state index in [0.29, 0.717) is 0 Å². The predicted molar refractivity (Wildman–Crippen MR) is 138 cm³/mol. The van der Waals surface area contributed by atoms with Crippen LogP contribution in [0.25, 0.3) is 0 Å². The van der Waals surface area contributed by atoms with Crippen molar-refractivity contribution in [2.24, 2.45) is 0 Å². The third kappa shape index (κ3) is 5.53. The first-order chi connectivity index (χ1) is 18.2. The number of alkyl halides is 6. The molecule has 4 aromatic carbocycles. The Labute approximate surface area is 228 Å². The molecular weight excluding hydrogens is 569 g/mol. The van der Waals surface area contributed by atoms with E-state index in [2.05, 4.69) is 0 Å². The molecule has 4 N–H and O–H groups in total. The molecule has 0 bridgehead atoms. The van der Waals surface area contributed by atoms with Crippen molar-refractivity contribution in [3.63, 3.8) is 0 Å². The monoisotopic (exact) mass is 586 g/mol. The number of nitrogens with two attached hydrogens (primary N) is 2. The molecule has 0 atom stereocenters. The van der Waals surface area contributed by atoms with E-state index in [-0.39, 0.29) is 44.4 Å². The number of benzene rings is 4. The second-order valence-corrected chi connectivity index (χ2v) is 9.18. The topological polar surface area (TPSA) is 70.5 Å². The van der Waals surface area contributed by atoms with E-state index < -0.39 is 28.9 Å². The molecule has 4 nitrogen and oxygen atoms in total. The average Bonchev–Trinajstić information content (AvgIpc) is 2.84. The van der Waals surface area contributed by atoms with Crippen LogP contribution < -0.4 is 20.9 Å². The quantitative estimate of drug-likeness (QED) is 0.174. The van der Waals surface area contributed by atoms with Crippen molar-refractivity contribution in [1.29, 1.82) is 0 Å². The molecule has 0 fully saturated rings. The SMILES string of the molecule is Nc1ccc(Oc2ccc(C(c3ccc(Oc4ccc(N)c(Cl)c4)cc3)(C(F)(F)F)C(F)(F)F)cc2)cc1Cl. The van der Waals surface area contributed by atoms with Gasteiger partial charge in [-0.05, 0) is 59.7 Å². The van der Waals surface area contributed by atoms with Crippen LogP contribution in [0.5, 0.6) is 23.0 Å². The van der Waals surface area contributed by atoms with E-state index in [9.17, 15) is 26.3 Å². The Hall–Kier alpha value is -3.76. The molecule has 0 aliphatic rings. The Morgan fingerprint density at radius 3 is 1.08 bits per heavy atom. The second-order valence-electron chi connectivity index (χ2n) is 8.37. The Balaban J connectivity index is 1.71. The van der Waals surface area contributed by atoms with Gasteiger partial charge in [0.15, 0.2) is 0 Å². The first-order valence-electron chi connectivity index (χ1n) is 11.0. The largest absolute Gasteiger partial charge is 0.457 e. The highest BCUT2D eigenvalue weighted by atomic mass is 35.5.